The third-order valence-electron chi connectivity index (χ3n) is 5.15. The maximum atomic E-state index is 14.6. The molecule has 1 fully saturated rings. The minimum Gasteiger partial charge on any atom is -0.366 e. The monoisotopic (exact) mass is 388 g/mol. The van der Waals surface area contributed by atoms with Crippen LogP contribution in [0.3, 0.4) is 0 Å². The van der Waals surface area contributed by atoms with Gasteiger partial charge in [-0.3, -0.25) is 4.79 Å². The average molecular weight is 388 g/mol. The summed E-state index contributed by atoms with van der Waals surface area (Å²) in [5.74, 6) is -3.12. The second-order valence-electron chi connectivity index (χ2n) is 7.07. The van der Waals surface area contributed by atoms with Crippen LogP contribution in [0.4, 0.5) is 19.0 Å². The summed E-state index contributed by atoms with van der Waals surface area (Å²) in [6.07, 6.45) is 6.45. The summed E-state index contributed by atoms with van der Waals surface area (Å²) >= 11 is 0. The summed E-state index contributed by atoms with van der Waals surface area (Å²) < 4.78 is 42.3. The smallest absolute Gasteiger partial charge is 0.251 e. The SMILES string of the molecule is NC(=O)c1cc(F)c(NC2CCCCC2)nc1-c1c[nH]c2c(F)cc(F)cc12. The number of fused-ring (bicyclic) bond motifs is 1. The number of halogens is 3. The quantitative estimate of drug-likeness (QED) is 0.616. The molecule has 0 radical (unpaired) electrons. The van der Waals surface area contributed by atoms with Crippen LogP contribution in [0.1, 0.15) is 42.5 Å². The van der Waals surface area contributed by atoms with Gasteiger partial charge in [-0.25, -0.2) is 18.2 Å². The molecule has 0 spiro atoms. The zero-order chi connectivity index (χ0) is 19.8. The van der Waals surface area contributed by atoms with E-state index in [-0.39, 0.29) is 39.6 Å². The summed E-state index contributed by atoms with van der Waals surface area (Å²) in [7, 11) is 0. The normalized spacial score (nSPS) is 15.1. The summed E-state index contributed by atoms with van der Waals surface area (Å²) in [4.78, 5) is 18.9. The summed E-state index contributed by atoms with van der Waals surface area (Å²) in [5.41, 5.74) is 5.66. The first-order valence-corrected chi connectivity index (χ1v) is 9.17. The van der Waals surface area contributed by atoms with Crippen molar-refractivity contribution < 1.29 is 18.0 Å². The van der Waals surface area contributed by atoms with Gasteiger partial charge in [0.25, 0.3) is 5.91 Å². The average Bonchev–Trinajstić information content (AvgIpc) is 3.08. The maximum Gasteiger partial charge on any atom is 0.251 e. The number of benzene rings is 1. The van der Waals surface area contributed by atoms with E-state index in [9.17, 15) is 18.0 Å². The number of pyridine rings is 1. The predicted octanol–water partition coefficient (Wildman–Crippen LogP) is 4.49. The molecule has 8 heteroatoms. The minimum absolute atomic E-state index is 0.00174. The number of hydrogen-bond acceptors (Lipinski definition) is 3. The molecule has 28 heavy (non-hydrogen) atoms. The molecule has 1 saturated carbocycles. The highest BCUT2D eigenvalue weighted by Crippen LogP contribution is 2.34. The Bertz CT molecular complexity index is 1060. The van der Waals surface area contributed by atoms with Gasteiger partial charge >= 0.3 is 0 Å². The highest BCUT2D eigenvalue weighted by molar-refractivity contribution is 6.04. The number of nitrogens with two attached hydrogens (primary N) is 1. The molecule has 146 valence electrons. The third-order valence-corrected chi connectivity index (χ3v) is 5.15. The fourth-order valence-corrected chi connectivity index (χ4v) is 3.77. The van der Waals surface area contributed by atoms with Crippen molar-refractivity contribution in [3.63, 3.8) is 0 Å². The first-order valence-electron chi connectivity index (χ1n) is 9.17. The van der Waals surface area contributed by atoms with E-state index in [1.54, 1.807) is 0 Å². The Kier molecular flexibility index (Phi) is 4.70. The fourth-order valence-electron chi connectivity index (χ4n) is 3.77. The van der Waals surface area contributed by atoms with Crippen LogP contribution in [-0.4, -0.2) is 21.9 Å². The van der Waals surface area contributed by atoms with Gasteiger partial charge in [0.15, 0.2) is 11.6 Å². The maximum absolute atomic E-state index is 14.6. The lowest BCUT2D eigenvalue weighted by Crippen LogP contribution is -2.24. The van der Waals surface area contributed by atoms with Crippen molar-refractivity contribution in [3.05, 3.63) is 47.4 Å². The van der Waals surface area contributed by atoms with Crippen molar-refractivity contribution >= 4 is 22.6 Å². The van der Waals surface area contributed by atoms with E-state index in [2.05, 4.69) is 15.3 Å². The molecule has 5 nitrogen and oxygen atoms in total. The van der Waals surface area contributed by atoms with Crippen molar-refractivity contribution in [2.24, 2.45) is 5.73 Å². The van der Waals surface area contributed by atoms with Crippen LogP contribution in [0.25, 0.3) is 22.2 Å². The molecule has 2 heterocycles. The molecule has 1 amide bonds. The largest absolute Gasteiger partial charge is 0.366 e. The van der Waals surface area contributed by atoms with Crippen molar-refractivity contribution in [1.82, 2.24) is 9.97 Å². The number of aromatic nitrogens is 2. The molecule has 0 bridgehead atoms. The molecule has 1 aliphatic carbocycles. The van der Waals surface area contributed by atoms with Gasteiger partial charge in [-0.1, -0.05) is 19.3 Å². The Hall–Kier alpha value is -3.03. The minimum atomic E-state index is -0.878. The number of H-pyrrole nitrogens is 1. The summed E-state index contributed by atoms with van der Waals surface area (Å²) in [6.45, 7) is 0. The van der Waals surface area contributed by atoms with E-state index in [0.717, 1.165) is 50.3 Å². The topological polar surface area (TPSA) is 83.8 Å². The zero-order valence-corrected chi connectivity index (χ0v) is 15.0. The molecule has 1 aromatic carbocycles. The van der Waals surface area contributed by atoms with Crippen LogP contribution >= 0.6 is 0 Å². The number of rotatable bonds is 4. The fraction of sp³-hybridized carbons (Fsp3) is 0.300. The van der Waals surface area contributed by atoms with Gasteiger partial charge in [0.1, 0.15) is 11.6 Å². The molecule has 4 rings (SSSR count). The standard InChI is InChI=1S/C20H19F3N4O/c21-10-6-12-14(9-25-18(12)15(22)7-10)17-13(19(24)28)8-16(23)20(27-17)26-11-4-2-1-3-5-11/h6-9,11,25H,1-5H2,(H2,24,28)(H,26,27). The Labute approximate surface area is 159 Å². The molecule has 0 unspecified atom stereocenters. The van der Waals surface area contributed by atoms with E-state index in [1.165, 1.54) is 6.20 Å². The second kappa shape index (κ2) is 7.18. The molecular weight excluding hydrogens is 369 g/mol. The van der Waals surface area contributed by atoms with Gasteiger partial charge in [0.2, 0.25) is 0 Å². The molecular formula is C20H19F3N4O. The van der Waals surface area contributed by atoms with Gasteiger partial charge in [-0.15, -0.1) is 0 Å². The molecule has 2 aromatic heterocycles. The third kappa shape index (κ3) is 3.30. The van der Waals surface area contributed by atoms with Gasteiger partial charge in [0, 0.05) is 29.3 Å². The first kappa shape index (κ1) is 18.3. The number of nitrogens with one attached hydrogen (secondary N) is 2. The number of aromatic amines is 1. The number of primary amides is 1. The summed E-state index contributed by atoms with van der Waals surface area (Å²) in [6, 6.07) is 2.99. The van der Waals surface area contributed by atoms with Crippen LogP contribution < -0.4 is 11.1 Å². The lowest BCUT2D eigenvalue weighted by atomic mass is 9.95. The van der Waals surface area contributed by atoms with Gasteiger partial charge < -0.3 is 16.0 Å². The van der Waals surface area contributed by atoms with Crippen LogP contribution in [0, 0.1) is 17.5 Å². The number of carbonyl (C=O) groups excluding carboxylic acids is 1. The number of hydrogen-bond donors (Lipinski definition) is 3. The van der Waals surface area contributed by atoms with Crippen molar-refractivity contribution in [2.45, 2.75) is 38.1 Å². The Morgan fingerprint density at radius 1 is 1.11 bits per heavy atom. The number of anilines is 1. The highest BCUT2D eigenvalue weighted by atomic mass is 19.1. The van der Waals surface area contributed by atoms with Gasteiger partial charge in [-0.2, -0.15) is 0 Å². The van der Waals surface area contributed by atoms with Crippen molar-refractivity contribution in [1.29, 1.82) is 0 Å². The predicted molar refractivity (Wildman–Crippen MR) is 100 cm³/mol. The lowest BCUT2D eigenvalue weighted by molar-refractivity contribution is 0.1000. The van der Waals surface area contributed by atoms with E-state index in [1.807, 2.05) is 0 Å². The van der Waals surface area contributed by atoms with Crippen LogP contribution in [0.5, 0.6) is 0 Å². The lowest BCUT2D eigenvalue weighted by Gasteiger charge is -2.24. The van der Waals surface area contributed by atoms with E-state index < -0.39 is 23.4 Å². The van der Waals surface area contributed by atoms with Gasteiger partial charge in [0.05, 0.1) is 16.8 Å². The molecule has 4 N–H and O–H groups in total. The molecule has 0 atom stereocenters. The molecule has 0 saturated heterocycles. The number of carbonyl (C=O) groups is 1. The molecule has 0 aliphatic heterocycles. The Balaban J connectivity index is 1.85. The first-order chi connectivity index (χ1) is 13.4. The van der Waals surface area contributed by atoms with Crippen molar-refractivity contribution in [2.75, 3.05) is 5.32 Å². The highest BCUT2D eigenvalue weighted by Gasteiger charge is 2.22. The van der Waals surface area contributed by atoms with Crippen LogP contribution in [-0.2, 0) is 0 Å². The number of amides is 1. The number of nitrogens with zero attached hydrogens (tertiary/aromatic N) is 1. The van der Waals surface area contributed by atoms with E-state index in [0.29, 0.717) is 0 Å². The second-order valence-corrected chi connectivity index (χ2v) is 7.07. The van der Waals surface area contributed by atoms with E-state index in [4.69, 9.17) is 5.73 Å². The van der Waals surface area contributed by atoms with Crippen LogP contribution in [0.15, 0.2) is 24.4 Å². The molecule has 1 aliphatic rings. The van der Waals surface area contributed by atoms with E-state index >= 15 is 0 Å². The summed E-state index contributed by atoms with van der Waals surface area (Å²) in [5, 5.41) is 3.29. The Morgan fingerprint density at radius 3 is 2.57 bits per heavy atom. The molecule has 3 aromatic rings. The zero-order valence-electron chi connectivity index (χ0n) is 15.0. The van der Waals surface area contributed by atoms with Crippen molar-refractivity contribution in [3.8, 4) is 11.3 Å². The Morgan fingerprint density at radius 2 is 1.86 bits per heavy atom. The van der Waals surface area contributed by atoms with Gasteiger partial charge in [-0.05, 0) is 25.0 Å². The van der Waals surface area contributed by atoms with Crippen LogP contribution in [0.2, 0.25) is 0 Å².